The van der Waals surface area contributed by atoms with E-state index in [1.807, 2.05) is 6.92 Å². The van der Waals surface area contributed by atoms with Crippen molar-refractivity contribution in [2.24, 2.45) is 34.0 Å². The predicted octanol–water partition coefficient (Wildman–Crippen LogP) is 4.78. The summed E-state index contributed by atoms with van der Waals surface area (Å²) >= 11 is 0. The molecule has 3 aliphatic rings. The lowest BCUT2D eigenvalue weighted by Gasteiger charge is -2.67. The van der Waals surface area contributed by atoms with Gasteiger partial charge in [0.25, 0.3) is 0 Å². The molecule has 0 aliphatic heterocycles. The number of hydrogen-bond acceptors (Lipinski definition) is 2. The zero-order chi connectivity index (χ0) is 17.1. The molecule has 23 heavy (non-hydrogen) atoms. The Balaban J connectivity index is 1.99. The van der Waals surface area contributed by atoms with Crippen LogP contribution in [0.5, 0.6) is 0 Å². The van der Waals surface area contributed by atoms with Crippen molar-refractivity contribution in [3.63, 3.8) is 0 Å². The fraction of sp³-hybridized carbons (Fsp3) is 1.00. The van der Waals surface area contributed by atoms with Crippen LogP contribution in [0, 0.1) is 34.0 Å². The Morgan fingerprint density at radius 3 is 2.13 bits per heavy atom. The minimum absolute atomic E-state index is 0.184. The van der Waals surface area contributed by atoms with E-state index in [-0.39, 0.29) is 17.9 Å². The Morgan fingerprint density at radius 1 is 0.826 bits per heavy atom. The first-order valence-electron chi connectivity index (χ1n) is 9.91. The van der Waals surface area contributed by atoms with Gasteiger partial charge in [-0.05, 0) is 85.9 Å². The molecule has 3 rings (SSSR count). The highest BCUT2D eigenvalue weighted by Gasteiger charge is 2.63. The Bertz CT molecular complexity index is 455. The SMILES string of the molecule is CC1(C)CCC[C@]2(C)[C@H]3CC[C@](C)(O)[C@@H](CCO)[C@]3(C)CC[C@@H]12. The summed E-state index contributed by atoms with van der Waals surface area (Å²) in [5, 5.41) is 20.7. The van der Waals surface area contributed by atoms with E-state index in [4.69, 9.17) is 0 Å². The Hall–Kier alpha value is -0.0800. The van der Waals surface area contributed by atoms with E-state index in [0.29, 0.717) is 16.7 Å². The molecule has 0 aromatic carbocycles. The lowest BCUT2D eigenvalue weighted by molar-refractivity contribution is -0.212. The third-order valence-electron chi connectivity index (χ3n) is 8.74. The molecule has 0 heterocycles. The van der Waals surface area contributed by atoms with Gasteiger partial charge in [0, 0.05) is 6.61 Å². The van der Waals surface area contributed by atoms with Crippen molar-refractivity contribution in [1.29, 1.82) is 0 Å². The second-order valence-corrected chi connectivity index (χ2v) is 10.5. The highest BCUT2D eigenvalue weighted by molar-refractivity contribution is 5.12. The number of aliphatic hydroxyl groups excluding tert-OH is 1. The van der Waals surface area contributed by atoms with Gasteiger partial charge in [0.05, 0.1) is 5.60 Å². The van der Waals surface area contributed by atoms with Crippen LogP contribution in [-0.4, -0.2) is 22.4 Å². The molecular formula is C21H38O2. The molecule has 0 radical (unpaired) electrons. The van der Waals surface area contributed by atoms with E-state index < -0.39 is 5.60 Å². The maximum Gasteiger partial charge on any atom is 0.0654 e. The average molecular weight is 323 g/mol. The molecule has 0 saturated heterocycles. The first-order valence-corrected chi connectivity index (χ1v) is 9.91. The van der Waals surface area contributed by atoms with Crippen LogP contribution in [0.1, 0.15) is 86.0 Å². The van der Waals surface area contributed by atoms with Gasteiger partial charge in [-0.25, -0.2) is 0 Å². The summed E-state index contributed by atoms with van der Waals surface area (Å²) in [4.78, 5) is 0. The first kappa shape index (κ1) is 17.7. The highest BCUT2D eigenvalue weighted by Crippen LogP contribution is 2.69. The highest BCUT2D eigenvalue weighted by atomic mass is 16.3. The quantitative estimate of drug-likeness (QED) is 0.768. The third kappa shape index (κ3) is 2.51. The molecule has 134 valence electrons. The summed E-state index contributed by atoms with van der Waals surface area (Å²) in [5.41, 5.74) is 0.449. The summed E-state index contributed by atoms with van der Waals surface area (Å²) in [5.74, 6) is 1.76. The fourth-order valence-corrected chi connectivity index (χ4v) is 7.85. The molecule has 2 nitrogen and oxygen atoms in total. The van der Waals surface area contributed by atoms with E-state index in [0.717, 1.165) is 25.2 Å². The fourth-order valence-electron chi connectivity index (χ4n) is 7.85. The summed E-state index contributed by atoms with van der Waals surface area (Å²) < 4.78 is 0. The van der Waals surface area contributed by atoms with Gasteiger partial charge in [-0.3, -0.25) is 0 Å². The molecular weight excluding hydrogens is 284 g/mol. The molecule has 2 N–H and O–H groups in total. The van der Waals surface area contributed by atoms with Gasteiger partial charge >= 0.3 is 0 Å². The average Bonchev–Trinajstić information content (AvgIpc) is 2.41. The van der Waals surface area contributed by atoms with E-state index in [1.165, 1.54) is 32.1 Å². The summed E-state index contributed by atoms with van der Waals surface area (Å²) in [6, 6.07) is 0. The van der Waals surface area contributed by atoms with Crippen molar-refractivity contribution in [1.82, 2.24) is 0 Å². The van der Waals surface area contributed by atoms with Gasteiger partial charge in [-0.1, -0.05) is 34.1 Å². The number of rotatable bonds is 2. The van der Waals surface area contributed by atoms with Gasteiger partial charge in [-0.15, -0.1) is 0 Å². The number of fused-ring (bicyclic) bond motifs is 3. The van der Waals surface area contributed by atoms with Crippen molar-refractivity contribution in [2.75, 3.05) is 6.61 Å². The van der Waals surface area contributed by atoms with Gasteiger partial charge in [0.15, 0.2) is 0 Å². The molecule has 0 aromatic rings. The smallest absolute Gasteiger partial charge is 0.0654 e. The summed E-state index contributed by atoms with van der Waals surface area (Å²) in [6.45, 7) is 12.2. The molecule has 0 aromatic heterocycles. The molecule has 3 aliphatic carbocycles. The van der Waals surface area contributed by atoms with Crippen LogP contribution in [0.3, 0.4) is 0 Å². The van der Waals surface area contributed by atoms with Crippen LogP contribution in [-0.2, 0) is 0 Å². The van der Waals surface area contributed by atoms with E-state index in [1.54, 1.807) is 0 Å². The third-order valence-corrected chi connectivity index (χ3v) is 8.74. The topological polar surface area (TPSA) is 40.5 Å². The standard InChI is InChI=1S/C21H38O2/c1-18(2)10-6-11-19(3)15(18)7-12-20(4)16(19)8-13-21(5,23)17(20)9-14-22/h15-17,22-23H,6-14H2,1-5H3/t15-,16+,17-,19-,20+,21-/m0/s1. The Morgan fingerprint density at radius 2 is 1.48 bits per heavy atom. The zero-order valence-electron chi connectivity index (χ0n) is 16.0. The van der Waals surface area contributed by atoms with Crippen LogP contribution in [0.25, 0.3) is 0 Å². The van der Waals surface area contributed by atoms with Crippen molar-refractivity contribution < 1.29 is 10.2 Å². The van der Waals surface area contributed by atoms with E-state index in [2.05, 4.69) is 27.7 Å². The molecule has 3 fully saturated rings. The lowest BCUT2D eigenvalue weighted by Crippen LogP contribution is -2.62. The molecule has 3 saturated carbocycles. The molecule has 0 amide bonds. The Labute approximate surface area is 143 Å². The molecule has 0 unspecified atom stereocenters. The van der Waals surface area contributed by atoms with Crippen molar-refractivity contribution >= 4 is 0 Å². The normalized spacial score (nSPS) is 52.6. The second kappa shape index (κ2) is 5.46. The minimum Gasteiger partial charge on any atom is -0.396 e. The molecule has 0 spiro atoms. The van der Waals surface area contributed by atoms with Gasteiger partial charge in [0.2, 0.25) is 0 Å². The van der Waals surface area contributed by atoms with Crippen LogP contribution in [0.4, 0.5) is 0 Å². The van der Waals surface area contributed by atoms with Crippen molar-refractivity contribution in [3.05, 3.63) is 0 Å². The molecule has 2 heteroatoms. The second-order valence-electron chi connectivity index (χ2n) is 10.5. The largest absolute Gasteiger partial charge is 0.396 e. The van der Waals surface area contributed by atoms with Gasteiger partial charge in [-0.2, -0.15) is 0 Å². The first-order chi connectivity index (χ1) is 10.6. The van der Waals surface area contributed by atoms with Crippen molar-refractivity contribution in [2.45, 2.75) is 91.6 Å². The van der Waals surface area contributed by atoms with Gasteiger partial charge in [0.1, 0.15) is 0 Å². The zero-order valence-corrected chi connectivity index (χ0v) is 16.0. The van der Waals surface area contributed by atoms with Gasteiger partial charge < -0.3 is 10.2 Å². The maximum atomic E-state index is 11.0. The van der Waals surface area contributed by atoms with Crippen LogP contribution in [0.2, 0.25) is 0 Å². The summed E-state index contributed by atoms with van der Waals surface area (Å²) in [7, 11) is 0. The predicted molar refractivity (Wildman–Crippen MR) is 95.1 cm³/mol. The van der Waals surface area contributed by atoms with Crippen molar-refractivity contribution in [3.8, 4) is 0 Å². The van der Waals surface area contributed by atoms with E-state index in [9.17, 15) is 10.2 Å². The van der Waals surface area contributed by atoms with E-state index >= 15 is 0 Å². The number of aliphatic hydroxyl groups is 2. The molecule has 0 bridgehead atoms. The maximum absolute atomic E-state index is 11.0. The molecule has 6 atom stereocenters. The van der Waals surface area contributed by atoms with Crippen LogP contribution < -0.4 is 0 Å². The monoisotopic (exact) mass is 322 g/mol. The van der Waals surface area contributed by atoms with Crippen LogP contribution in [0.15, 0.2) is 0 Å². The lowest BCUT2D eigenvalue weighted by atomic mass is 9.38. The summed E-state index contributed by atoms with van der Waals surface area (Å²) in [6.07, 6.45) is 9.42. The van der Waals surface area contributed by atoms with Crippen LogP contribution >= 0.6 is 0 Å². The minimum atomic E-state index is -0.610. The number of hydrogen-bond donors (Lipinski definition) is 2. The Kier molecular flexibility index (Phi) is 4.21.